The van der Waals surface area contributed by atoms with Gasteiger partial charge in [-0.1, -0.05) is 12.1 Å². The molecule has 1 aliphatic heterocycles. The van der Waals surface area contributed by atoms with Crippen molar-refractivity contribution >= 4 is 40.6 Å². The van der Waals surface area contributed by atoms with Gasteiger partial charge in [-0.2, -0.15) is 0 Å². The van der Waals surface area contributed by atoms with Crippen LogP contribution in [0.15, 0.2) is 58.4 Å². The van der Waals surface area contributed by atoms with Gasteiger partial charge in [0.15, 0.2) is 0 Å². The Morgan fingerprint density at radius 3 is 2.48 bits per heavy atom. The number of methoxy groups -OCH3 is 1. The molecule has 27 heavy (non-hydrogen) atoms. The van der Waals surface area contributed by atoms with Crippen LogP contribution >= 0.6 is 11.8 Å². The number of thioether (sulfide) groups is 1. The molecule has 0 radical (unpaired) electrons. The molecule has 2 aromatic carbocycles. The van der Waals surface area contributed by atoms with Gasteiger partial charge in [0.05, 0.1) is 29.9 Å². The molecule has 3 rings (SSSR count). The summed E-state index contributed by atoms with van der Waals surface area (Å²) in [4.78, 5) is 28.7. The Bertz CT molecular complexity index is 903. The van der Waals surface area contributed by atoms with Crippen molar-refractivity contribution < 1.29 is 19.1 Å². The summed E-state index contributed by atoms with van der Waals surface area (Å²) in [5, 5.41) is 2.56. The number of nitrogens with one attached hydrogen (secondary N) is 1. The fraction of sp³-hybridized carbons (Fsp3) is 0.150. The van der Waals surface area contributed by atoms with Crippen molar-refractivity contribution in [1.82, 2.24) is 5.32 Å². The Morgan fingerprint density at radius 1 is 1.15 bits per heavy atom. The van der Waals surface area contributed by atoms with Gasteiger partial charge in [0, 0.05) is 0 Å². The van der Waals surface area contributed by atoms with E-state index in [-0.39, 0.29) is 11.2 Å². The van der Waals surface area contributed by atoms with Crippen molar-refractivity contribution in [2.75, 3.05) is 13.7 Å². The van der Waals surface area contributed by atoms with Crippen LogP contribution in [-0.2, 0) is 4.74 Å². The number of nitrogens with zero attached hydrogens (tertiary/aromatic N) is 1. The number of rotatable bonds is 5. The van der Waals surface area contributed by atoms with Gasteiger partial charge in [0.2, 0.25) is 0 Å². The first kappa shape index (κ1) is 18.7. The van der Waals surface area contributed by atoms with E-state index < -0.39 is 0 Å². The third kappa shape index (κ3) is 4.77. The van der Waals surface area contributed by atoms with Crippen LogP contribution in [0.2, 0.25) is 0 Å². The Morgan fingerprint density at radius 2 is 1.85 bits per heavy atom. The first-order valence-corrected chi connectivity index (χ1v) is 9.11. The predicted octanol–water partition coefficient (Wildman–Crippen LogP) is 4.40. The molecule has 2 aromatic rings. The van der Waals surface area contributed by atoms with Crippen LogP contribution in [0, 0.1) is 0 Å². The number of amides is 1. The average molecular weight is 382 g/mol. The second kappa shape index (κ2) is 8.55. The lowest BCUT2D eigenvalue weighted by Crippen LogP contribution is -2.18. The Labute approximate surface area is 161 Å². The molecule has 0 unspecified atom stereocenters. The molecule has 0 aromatic heterocycles. The molecule has 1 saturated heterocycles. The van der Waals surface area contributed by atoms with Crippen molar-refractivity contribution in [1.29, 1.82) is 0 Å². The van der Waals surface area contributed by atoms with Crippen LogP contribution in [0.4, 0.5) is 10.5 Å². The zero-order chi connectivity index (χ0) is 19.2. The number of carbonyl (C=O) groups is 2. The summed E-state index contributed by atoms with van der Waals surface area (Å²) in [5.41, 5.74) is 2.02. The summed E-state index contributed by atoms with van der Waals surface area (Å²) in [6, 6.07) is 14.2. The maximum absolute atomic E-state index is 11.8. The van der Waals surface area contributed by atoms with Gasteiger partial charge in [-0.25, -0.2) is 9.79 Å². The third-order valence-electron chi connectivity index (χ3n) is 3.69. The number of benzene rings is 2. The number of esters is 1. The minimum Gasteiger partial charge on any atom is -0.497 e. The highest BCUT2D eigenvalue weighted by atomic mass is 32.2. The topological polar surface area (TPSA) is 77.0 Å². The number of carbonyl (C=O) groups excluding carboxylic acids is 2. The monoisotopic (exact) mass is 382 g/mol. The lowest BCUT2D eigenvalue weighted by Gasteiger charge is -2.03. The molecule has 0 spiro atoms. The van der Waals surface area contributed by atoms with E-state index in [0.29, 0.717) is 23.7 Å². The van der Waals surface area contributed by atoms with Crippen molar-refractivity contribution in [2.45, 2.75) is 6.92 Å². The molecule has 1 aliphatic rings. The molecule has 0 atom stereocenters. The van der Waals surface area contributed by atoms with Gasteiger partial charge in [0.1, 0.15) is 11.6 Å². The van der Waals surface area contributed by atoms with Gasteiger partial charge in [-0.15, -0.1) is 0 Å². The molecule has 138 valence electrons. The lowest BCUT2D eigenvalue weighted by molar-refractivity contribution is 0.0526. The van der Waals surface area contributed by atoms with E-state index in [4.69, 9.17) is 9.47 Å². The summed E-state index contributed by atoms with van der Waals surface area (Å²) in [6.07, 6.45) is 1.88. The molecule has 0 bridgehead atoms. The molecular formula is C20H18N2O4S. The van der Waals surface area contributed by atoms with Crippen molar-refractivity contribution in [3.05, 3.63) is 64.6 Å². The lowest BCUT2D eigenvalue weighted by atomic mass is 10.2. The van der Waals surface area contributed by atoms with E-state index in [0.717, 1.165) is 28.0 Å². The summed E-state index contributed by atoms with van der Waals surface area (Å²) < 4.78 is 10.1. The molecule has 0 aliphatic carbocycles. The number of hydrogen-bond donors (Lipinski definition) is 1. The highest BCUT2D eigenvalue weighted by Crippen LogP contribution is 2.29. The fourth-order valence-corrected chi connectivity index (χ4v) is 3.12. The zero-order valence-corrected chi connectivity index (χ0v) is 15.7. The van der Waals surface area contributed by atoms with Gasteiger partial charge in [-0.3, -0.25) is 4.79 Å². The zero-order valence-electron chi connectivity index (χ0n) is 14.9. The first-order valence-electron chi connectivity index (χ1n) is 8.30. The quantitative estimate of drug-likeness (QED) is 0.776. The molecule has 1 fully saturated rings. The van der Waals surface area contributed by atoms with Crippen LogP contribution in [-0.4, -0.2) is 30.8 Å². The van der Waals surface area contributed by atoms with Crippen LogP contribution in [0.25, 0.3) is 6.08 Å². The second-order valence-corrected chi connectivity index (χ2v) is 6.54. The van der Waals surface area contributed by atoms with E-state index >= 15 is 0 Å². The minimum absolute atomic E-state index is 0.184. The molecular weight excluding hydrogens is 364 g/mol. The largest absolute Gasteiger partial charge is 0.497 e. The van der Waals surface area contributed by atoms with E-state index in [1.807, 2.05) is 30.3 Å². The summed E-state index contributed by atoms with van der Waals surface area (Å²) >= 11 is 1.09. The van der Waals surface area contributed by atoms with Crippen molar-refractivity contribution in [3.63, 3.8) is 0 Å². The third-order valence-corrected chi connectivity index (χ3v) is 4.51. The number of hydrogen-bond acceptors (Lipinski definition) is 6. The number of amidine groups is 1. The molecule has 7 heteroatoms. The summed E-state index contributed by atoms with van der Waals surface area (Å²) in [5.74, 6) is 0.868. The summed E-state index contributed by atoms with van der Waals surface area (Å²) in [7, 11) is 1.61. The Kier molecular flexibility index (Phi) is 5.93. The maximum Gasteiger partial charge on any atom is 0.338 e. The van der Waals surface area contributed by atoms with Crippen LogP contribution < -0.4 is 10.1 Å². The number of ether oxygens (including phenoxy) is 2. The van der Waals surface area contributed by atoms with Gasteiger partial charge in [0.25, 0.3) is 5.24 Å². The maximum atomic E-state index is 11.8. The van der Waals surface area contributed by atoms with E-state index in [2.05, 4.69) is 10.3 Å². The predicted molar refractivity (Wildman–Crippen MR) is 107 cm³/mol. The van der Waals surface area contributed by atoms with Crippen LogP contribution in [0.3, 0.4) is 0 Å². The van der Waals surface area contributed by atoms with Gasteiger partial charge in [-0.05, 0) is 66.7 Å². The SMILES string of the molecule is CCOC(=O)c1ccc(N=C2NC(=O)S/C2=C\c2ccc(OC)cc2)cc1. The fourth-order valence-electron chi connectivity index (χ4n) is 2.38. The Balaban J connectivity index is 1.83. The highest BCUT2D eigenvalue weighted by molar-refractivity contribution is 8.18. The molecule has 0 saturated carbocycles. The average Bonchev–Trinajstić information content (AvgIpc) is 3.02. The summed E-state index contributed by atoms with van der Waals surface area (Å²) in [6.45, 7) is 2.08. The van der Waals surface area contributed by atoms with E-state index in [9.17, 15) is 9.59 Å². The molecule has 6 nitrogen and oxygen atoms in total. The van der Waals surface area contributed by atoms with E-state index in [1.54, 1.807) is 38.3 Å². The molecule has 1 heterocycles. The standard InChI is InChI=1S/C20H18N2O4S/c1-3-26-19(23)14-6-8-15(9-7-14)21-18-17(27-20(24)22-18)12-13-4-10-16(25-2)11-5-13/h4-12H,3H2,1-2H3,(H,21,22,24)/b17-12-. The molecule has 1 amide bonds. The van der Waals surface area contributed by atoms with Crippen LogP contribution in [0.1, 0.15) is 22.8 Å². The van der Waals surface area contributed by atoms with Crippen molar-refractivity contribution in [3.8, 4) is 5.75 Å². The molecule has 1 N–H and O–H groups in total. The minimum atomic E-state index is -0.374. The smallest absolute Gasteiger partial charge is 0.338 e. The highest BCUT2D eigenvalue weighted by Gasteiger charge is 2.23. The first-order chi connectivity index (χ1) is 13.1. The second-order valence-electron chi connectivity index (χ2n) is 5.52. The van der Waals surface area contributed by atoms with Crippen LogP contribution in [0.5, 0.6) is 5.75 Å². The Hall–Kier alpha value is -3.06. The van der Waals surface area contributed by atoms with Gasteiger partial charge >= 0.3 is 5.97 Å². The van der Waals surface area contributed by atoms with Gasteiger partial charge < -0.3 is 14.8 Å². The van der Waals surface area contributed by atoms with Crippen molar-refractivity contribution in [2.24, 2.45) is 4.99 Å². The van der Waals surface area contributed by atoms with E-state index in [1.165, 1.54) is 0 Å². The normalized spacial score (nSPS) is 16.4. The number of aliphatic imine (C=N–C) groups is 1.